The number of nitrogens with two attached hydrogens (primary N) is 1. The second kappa shape index (κ2) is 5.12. The topological polar surface area (TPSA) is 43.8 Å². The van der Waals surface area contributed by atoms with Gasteiger partial charge in [0.05, 0.1) is 6.20 Å². The van der Waals surface area contributed by atoms with E-state index in [1.807, 2.05) is 43.9 Å². The van der Waals surface area contributed by atoms with E-state index < -0.39 is 0 Å². The van der Waals surface area contributed by atoms with Crippen molar-refractivity contribution < 1.29 is 0 Å². The maximum atomic E-state index is 6.24. The van der Waals surface area contributed by atoms with Crippen LogP contribution >= 0.6 is 11.6 Å². The molecule has 0 saturated heterocycles. The molecule has 1 unspecified atom stereocenters. The number of nitrogens with zero attached hydrogens (tertiary/aromatic N) is 2. The molecular formula is C14H18ClN3. The first kappa shape index (κ1) is 13.1. The molecule has 1 heterocycles. The monoisotopic (exact) mass is 263 g/mol. The van der Waals surface area contributed by atoms with Gasteiger partial charge in [-0.1, -0.05) is 23.7 Å². The minimum Gasteiger partial charge on any atom is -0.324 e. The van der Waals surface area contributed by atoms with Crippen LogP contribution in [0.25, 0.3) is 0 Å². The third-order valence-corrected chi connectivity index (χ3v) is 3.67. The lowest BCUT2D eigenvalue weighted by atomic mass is 9.99. The Bertz CT molecular complexity index is 560. The molecule has 0 aliphatic carbocycles. The molecule has 1 aromatic heterocycles. The van der Waals surface area contributed by atoms with Crippen molar-refractivity contribution in [3.63, 3.8) is 0 Å². The highest BCUT2D eigenvalue weighted by Crippen LogP contribution is 2.24. The molecule has 18 heavy (non-hydrogen) atoms. The summed E-state index contributed by atoms with van der Waals surface area (Å²) in [6.07, 6.45) is 2.56. The molecule has 1 atom stereocenters. The van der Waals surface area contributed by atoms with E-state index >= 15 is 0 Å². The number of hydrogen-bond donors (Lipinski definition) is 1. The van der Waals surface area contributed by atoms with Crippen molar-refractivity contribution in [3.8, 4) is 0 Å². The highest BCUT2D eigenvalue weighted by Gasteiger charge is 2.14. The highest BCUT2D eigenvalue weighted by atomic mass is 35.5. The third kappa shape index (κ3) is 2.57. The largest absolute Gasteiger partial charge is 0.324 e. The molecule has 2 rings (SSSR count). The van der Waals surface area contributed by atoms with Crippen LogP contribution in [0.1, 0.15) is 28.4 Å². The average Bonchev–Trinajstić information content (AvgIpc) is 2.64. The van der Waals surface area contributed by atoms with Gasteiger partial charge in [-0.25, -0.2) is 0 Å². The lowest BCUT2D eigenvalue weighted by molar-refractivity contribution is 0.700. The van der Waals surface area contributed by atoms with E-state index in [0.717, 1.165) is 33.8 Å². The predicted octanol–water partition coefficient (Wildman–Crippen LogP) is 2.93. The first-order valence-electron chi connectivity index (χ1n) is 5.98. The molecule has 1 aromatic carbocycles. The predicted molar refractivity (Wildman–Crippen MR) is 74.8 cm³/mol. The average molecular weight is 264 g/mol. The zero-order valence-electron chi connectivity index (χ0n) is 10.9. The number of hydrogen-bond acceptors (Lipinski definition) is 2. The number of aromatic nitrogens is 2. The molecule has 0 amide bonds. The summed E-state index contributed by atoms with van der Waals surface area (Å²) in [6.45, 7) is 4.06. The van der Waals surface area contributed by atoms with E-state index in [4.69, 9.17) is 17.3 Å². The van der Waals surface area contributed by atoms with Crippen LogP contribution in [0, 0.1) is 13.8 Å². The minimum absolute atomic E-state index is 0.0705. The van der Waals surface area contributed by atoms with Crippen LogP contribution in [-0.4, -0.2) is 9.78 Å². The fraction of sp³-hybridized carbons (Fsp3) is 0.357. The van der Waals surface area contributed by atoms with Crippen molar-refractivity contribution in [2.75, 3.05) is 0 Å². The van der Waals surface area contributed by atoms with Gasteiger partial charge in [0.15, 0.2) is 0 Å². The first-order chi connectivity index (χ1) is 8.49. The Morgan fingerprint density at radius 3 is 2.67 bits per heavy atom. The molecular weight excluding hydrogens is 246 g/mol. The van der Waals surface area contributed by atoms with E-state index in [2.05, 4.69) is 11.2 Å². The SMILES string of the molecule is Cc1ccc(CC(N)c2cnn(C)c2C)c(Cl)c1. The van der Waals surface area contributed by atoms with Crippen LogP contribution in [0.2, 0.25) is 5.02 Å². The van der Waals surface area contributed by atoms with Gasteiger partial charge in [-0.15, -0.1) is 0 Å². The van der Waals surface area contributed by atoms with Gasteiger partial charge in [0.2, 0.25) is 0 Å². The minimum atomic E-state index is -0.0705. The first-order valence-corrected chi connectivity index (χ1v) is 6.36. The van der Waals surface area contributed by atoms with E-state index in [0.29, 0.717) is 0 Å². The molecule has 2 aromatic rings. The van der Waals surface area contributed by atoms with Gasteiger partial charge in [0.25, 0.3) is 0 Å². The van der Waals surface area contributed by atoms with Gasteiger partial charge in [-0.2, -0.15) is 5.10 Å². The van der Waals surface area contributed by atoms with Gasteiger partial charge in [0.1, 0.15) is 0 Å². The molecule has 96 valence electrons. The number of rotatable bonds is 3. The van der Waals surface area contributed by atoms with Gasteiger partial charge in [0, 0.05) is 29.4 Å². The van der Waals surface area contributed by atoms with Gasteiger partial charge in [-0.05, 0) is 37.5 Å². The van der Waals surface area contributed by atoms with Crippen molar-refractivity contribution in [2.45, 2.75) is 26.3 Å². The summed E-state index contributed by atoms with van der Waals surface area (Å²) in [5, 5.41) is 5.00. The maximum Gasteiger partial charge on any atom is 0.0540 e. The van der Waals surface area contributed by atoms with Crippen LogP contribution < -0.4 is 5.73 Å². The molecule has 0 bridgehead atoms. The van der Waals surface area contributed by atoms with Crippen LogP contribution in [0.3, 0.4) is 0 Å². The third-order valence-electron chi connectivity index (χ3n) is 3.32. The second-order valence-electron chi connectivity index (χ2n) is 4.71. The van der Waals surface area contributed by atoms with Crippen LogP contribution in [0.5, 0.6) is 0 Å². The number of halogens is 1. The Morgan fingerprint density at radius 2 is 2.11 bits per heavy atom. The van der Waals surface area contributed by atoms with Gasteiger partial charge >= 0.3 is 0 Å². The fourth-order valence-corrected chi connectivity index (χ4v) is 2.36. The Morgan fingerprint density at radius 1 is 1.39 bits per heavy atom. The van der Waals surface area contributed by atoms with E-state index in [1.54, 1.807) is 0 Å². The van der Waals surface area contributed by atoms with Crippen molar-refractivity contribution in [1.29, 1.82) is 0 Å². The summed E-state index contributed by atoms with van der Waals surface area (Å²) in [5.41, 5.74) is 10.7. The van der Waals surface area contributed by atoms with Gasteiger partial charge < -0.3 is 5.73 Å². The van der Waals surface area contributed by atoms with Crippen molar-refractivity contribution >= 4 is 11.6 Å². The molecule has 0 fully saturated rings. The molecule has 4 heteroatoms. The summed E-state index contributed by atoms with van der Waals surface area (Å²) < 4.78 is 1.84. The Labute approximate surface area is 113 Å². The van der Waals surface area contributed by atoms with Crippen molar-refractivity contribution in [2.24, 2.45) is 12.8 Å². The number of benzene rings is 1. The zero-order chi connectivity index (χ0) is 13.3. The summed E-state index contributed by atoms with van der Waals surface area (Å²) in [6, 6.07) is 6.01. The molecule has 0 radical (unpaired) electrons. The summed E-state index contributed by atoms with van der Waals surface area (Å²) in [4.78, 5) is 0. The molecule has 0 aliphatic rings. The standard InChI is InChI=1S/C14H18ClN3/c1-9-4-5-11(13(15)6-9)7-14(16)12-8-17-18(3)10(12)2/h4-6,8,14H,7,16H2,1-3H3. The number of aryl methyl sites for hydroxylation is 2. The van der Waals surface area contributed by atoms with Crippen LogP contribution in [0.15, 0.2) is 24.4 Å². The highest BCUT2D eigenvalue weighted by molar-refractivity contribution is 6.31. The van der Waals surface area contributed by atoms with Gasteiger partial charge in [-0.3, -0.25) is 4.68 Å². The molecule has 0 spiro atoms. The Kier molecular flexibility index (Phi) is 3.73. The van der Waals surface area contributed by atoms with Crippen molar-refractivity contribution in [3.05, 3.63) is 51.8 Å². The normalized spacial score (nSPS) is 12.7. The Balaban J connectivity index is 2.21. The van der Waals surface area contributed by atoms with Crippen molar-refractivity contribution in [1.82, 2.24) is 9.78 Å². The zero-order valence-corrected chi connectivity index (χ0v) is 11.7. The molecule has 2 N–H and O–H groups in total. The van der Waals surface area contributed by atoms with E-state index in [9.17, 15) is 0 Å². The lowest BCUT2D eigenvalue weighted by Crippen LogP contribution is -2.14. The van der Waals surface area contributed by atoms with E-state index in [-0.39, 0.29) is 6.04 Å². The second-order valence-corrected chi connectivity index (χ2v) is 5.12. The lowest BCUT2D eigenvalue weighted by Gasteiger charge is -2.13. The Hall–Kier alpha value is -1.32. The smallest absolute Gasteiger partial charge is 0.0540 e. The van der Waals surface area contributed by atoms with E-state index in [1.165, 1.54) is 0 Å². The summed E-state index contributed by atoms with van der Waals surface area (Å²) >= 11 is 6.23. The maximum absolute atomic E-state index is 6.24. The summed E-state index contributed by atoms with van der Waals surface area (Å²) in [7, 11) is 1.92. The summed E-state index contributed by atoms with van der Waals surface area (Å²) in [5.74, 6) is 0. The fourth-order valence-electron chi connectivity index (χ4n) is 2.04. The van der Waals surface area contributed by atoms with Crippen LogP contribution in [-0.2, 0) is 13.5 Å². The quantitative estimate of drug-likeness (QED) is 0.925. The molecule has 3 nitrogen and oxygen atoms in total. The van der Waals surface area contributed by atoms with Crippen LogP contribution in [0.4, 0.5) is 0 Å². The molecule has 0 aliphatic heterocycles. The molecule has 0 saturated carbocycles.